The van der Waals surface area contributed by atoms with Crippen LogP contribution in [0.5, 0.6) is 17.2 Å². The van der Waals surface area contributed by atoms with Crippen LogP contribution in [0.4, 0.5) is 5.69 Å². The van der Waals surface area contributed by atoms with Gasteiger partial charge in [0.15, 0.2) is 0 Å². The molecular weight excluding hydrogens is 424 g/mol. The lowest BCUT2D eigenvalue weighted by Crippen LogP contribution is -2.05. The second-order valence-electron chi connectivity index (χ2n) is 7.60. The van der Waals surface area contributed by atoms with E-state index in [1.807, 2.05) is 109 Å². The van der Waals surface area contributed by atoms with Crippen molar-refractivity contribution < 1.29 is 14.2 Å². The number of anilines is 1. The fourth-order valence-electron chi connectivity index (χ4n) is 3.16. The summed E-state index contributed by atoms with van der Waals surface area (Å²) in [6, 6.07) is 35.5. The van der Waals surface area contributed by atoms with Gasteiger partial charge in [-0.25, -0.2) is 0 Å². The molecule has 0 amide bonds. The molecule has 34 heavy (non-hydrogen) atoms. The molecule has 5 nitrogen and oxygen atoms in total. The summed E-state index contributed by atoms with van der Waals surface area (Å²) in [4.78, 5) is 0. The fraction of sp³-hybridized carbons (Fsp3) is 0.138. The molecule has 0 radical (unpaired) electrons. The number of hydrazone groups is 1. The molecular formula is C29H28N2O3. The van der Waals surface area contributed by atoms with Crippen LogP contribution in [0.1, 0.15) is 17.5 Å². The lowest BCUT2D eigenvalue weighted by molar-refractivity contribution is 0.247. The maximum Gasteiger partial charge on any atom is 0.120 e. The molecule has 0 aliphatic rings. The first-order valence-electron chi connectivity index (χ1n) is 11.3. The van der Waals surface area contributed by atoms with Crippen molar-refractivity contribution in [2.45, 2.75) is 13.0 Å². The summed E-state index contributed by atoms with van der Waals surface area (Å²) >= 11 is 0. The van der Waals surface area contributed by atoms with Gasteiger partial charge in [-0.2, -0.15) is 5.10 Å². The average Bonchev–Trinajstić information content (AvgIpc) is 2.90. The summed E-state index contributed by atoms with van der Waals surface area (Å²) in [6.07, 6.45) is 2.57. The number of ether oxygens (including phenoxy) is 3. The first-order valence-corrected chi connectivity index (χ1v) is 11.3. The van der Waals surface area contributed by atoms with Crippen molar-refractivity contribution in [2.75, 3.05) is 18.6 Å². The molecule has 4 rings (SSSR count). The SMILES string of the molecule is C(=NNc1ccccc1)c1ccc(OCCCOc2ccc(OCc3ccccc3)cc2)cc1. The molecule has 0 heterocycles. The average molecular weight is 453 g/mol. The van der Waals surface area contributed by atoms with Gasteiger partial charge < -0.3 is 14.2 Å². The van der Waals surface area contributed by atoms with Gasteiger partial charge in [0.2, 0.25) is 0 Å². The van der Waals surface area contributed by atoms with Gasteiger partial charge in [-0.3, -0.25) is 5.43 Å². The summed E-state index contributed by atoms with van der Waals surface area (Å²) < 4.78 is 17.4. The molecule has 0 saturated heterocycles. The van der Waals surface area contributed by atoms with Crippen LogP contribution in [0.15, 0.2) is 114 Å². The van der Waals surface area contributed by atoms with Crippen molar-refractivity contribution in [3.05, 3.63) is 120 Å². The summed E-state index contributed by atoms with van der Waals surface area (Å²) in [5.41, 5.74) is 6.09. The standard InChI is InChI=1S/C29H28N2O3/c1-3-8-25(9-4-1)23-34-29-18-16-28(17-19-29)33-21-7-20-32-27-14-12-24(13-15-27)22-30-31-26-10-5-2-6-11-26/h1-6,8-19,22,31H,7,20-21,23H2. The quantitative estimate of drug-likeness (QED) is 0.150. The Kier molecular flexibility index (Phi) is 8.56. The van der Waals surface area contributed by atoms with E-state index >= 15 is 0 Å². The zero-order chi connectivity index (χ0) is 23.3. The van der Waals surface area contributed by atoms with Gasteiger partial charge in [0.25, 0.3) is 0 Å². The minimum atomic E-state index is 0.552. The van der Waals surface area contributed by atoms with Crippen molar-refractivity contribution in [3.63, 3.8) is 0 Å². The van der Waals surface area contributed by atoms with E-state index in [1.54, 1.807) is 6.21 Å². The molecule has 0 saturated carbocycles. The molecule has 1 N–H and O–H groups in total. The molecule has 0 aliphatic heterocycles. The predicted octanol–water partition coefficient (Wildman–Crippen LogP) is 6.56. The van der Waals surface area contributed by atoms with Crippen LogP contribution < -0.4 is 19.6 Å². The third-order valence-electron chi connectivity index (χ3n) is 4.96. The maximum atomic E-state index is 5.81. The lowest BCUT2D eigenvalue weighted by Gasteiger charge is -2.10. The number of hydrogen-bond acceptors (Lipinski definition) is 5. The highest BCUT2D eigenvalue weighted by Crippen LogP contribution is 2.19. The van der Waals surface area contributed by atoms with Crippen molar-refractivity contribution in [1.29, 1.82) is 0 Å². The Morgan fingerprint density at radius 1 is 0.588 bits per heavy atom. The molecule has 0 fully saturated rings. The molecule has 0 atom stereocenters. The lowest BCUT2D eigenvalue weighted by atomic mass is 10.2. The predicted molar refractivity (Wildman–Crippen MR) is 137 cm³/mol. The van der Waals surface area contributed by atoms with E-state index in [0.29, 0.717) is 19.8 Å². The first-order chi connectivity index (χ1) is 16.8. The molecule has 4 aromatic carbocycles. The largest absolute Gasteiger partial charge is 0.493 e. The van der Waals surface area contributed by atoms with Crippen LogP contribution in [-0.2, 0) is 6.61 Å². The van der Waals surface area contributed by atoms with Gasteiger partial charge in [-0.05, 0) is 71.8 Å². The smallest absolute Gasteiger partial charge is 0.120 e. The van der Waals surface area contributed by atoms with Crippen LogP contribution in [0.3, 0.4) is 0 Å². The van der Waals surface area contributed by atoms with Gasteiger partial charge in [0.1, 0.15) is 23.9 Å². The van der Waals surface area contributed by atoms with Crippen molar-refractivity contribution in [3.8, 4) is 17.2 Å². The maximum absolute atomic E-state index is 5.81. The van der Waals surface area contributed by atoms with Gasteiger partial charge in [-0.1, -0.05) is 48.5 Å². The summed E-state index contributed by atoms with van der Waals surface area (Å²) in [5.74, 6) is 2.47. The summed E-state index contributed by atoms with van der Waals surface area (Å²) in [5, 5.41) is 4.25. The van der Waals surface area contributed by atoms with Crippen molar-refractivity contribution in [1.82, 2.24) is 0 Å². The molecule has 172 valence electrons. The van der Waals surface area contributed by atoms with Crippen LogP contribution >= 0.6 is 0 Å². The highest BCUT2D eigenvalue weighted by atomic mass is 16.5. The molecule has 4 aromatic rings. The molecule has 0 aliphatic carbocycles. The molecule has 0 unspecified atom stereocenters. The summed E-state index contributed by atoms with van der Waals surface area (Å²) in [6.45, 7) is 1.72. The normalized spacial score (nSPS) is 10.7. The number of nitrogens with zero attached hydrogens (tertiary/aromatic N) is 1. The minimum absolute atomic E-state index is 0.552. The molecule has 0 bridgehead atoms. The van der Waals surface area contributed by atoms with E-state index in [2.05, 4.69) is 10.5 Å². The third kappa shape index (κ3) is 7.71. The molecule has 0 spiro atoms. The topological polar surface area (TPSA) is 52.1 Å². The highest BCUT2D eigenvalue weighted by Gasteiger charge is 1.99. The van der Waals surface area contributed by atoms with Gasteiger partial charge in [0.05, 0.1) is 25.1 Å². The third-order valence-corrected chi connectivity index (χ3v) is 4.96. The van der Waals surface area contributed by atoms with Crippen LogP contribution in [0.2, 0.25) is 0 Å². The van der Waals surface area contributed by atoms with Crippen molar-refractivity contribution >= 4 is 11.9 Å². The number of benzene rings is 4. The second-order valence-corrected chi connectivity index (χ2v) is 7.60. The van der Waals surface area contributed by atoms with Crippen LogP contribution in [-0.4, -0.2) is 19.4 Å². The number of rotatable bonds is 12. The van der Waals surface area contributed by atoms with Crippen molar-refractivity contribution in [2.24, 2.45) is 5.10 Å². The van der Waals surface area contributed by atoms with Crippen LogP contribution in [0, 0.1) is 0 Å². The van der Waals surface area contributed by atoms with E-state index < -0.39 is 0 Å². The van der Waals surface area contributed by atoms with E-state index in [0.717, 1.165) is 40.5 Å². The van der Waals surface area contributed by atoms with Gasteiger partial charge in [-0.15, -0.1) is 0 Å². The number of hydrogen-bond donors (Lipinski definition) is 1. The molecule has 0 aromatic heterocycles. The zero-order valence-electron chi connectivity index (χ0n) is 19.0. The minimum Gasteiger partial charge on any atom is -0.493 e. The Morgan fingerprint density at radius 2 is 1.12 bits per heavy atom. The molecule has 5 heteroatoms. The fourth-order valence-corrected chi connectivity index (χ4v) is 3.16. The van der Waals surface area contributed by atoms with Gasteiger partial charge in [0, 0.05) is 6.42 Å². The zero-order valence-corrected chi connectivity index (χ0v) is 19.0. The Hall–Kier alpha value is -4.25. The second kappa shape index (κ2) is 12.7. The van der Waals surface area contributed by atoms with Gasteiger partial charge >= 0.3 is 0 Å². The Balaban J connectivity index is 1.11. The number of nitrogens with one attached hydrogen (secondary N) is 1. The monoisotopic (exact) mass is 452 g/mol. The number of para-hydroxylation sites is 1. The summed E-state index contributed by atoms with van der Waals surface area (Å²) in [7, 11) is 0. The Labute approximate surface area is 200 Å². The van der Waals surface area contributed by atoms with E-state index in [1.165, 1.54) is 0 Å². The van der Waals surface area contributed by atoms with E-state index in [4.69, 9.17) is 14.2 Å². The van der Waals surface area contributed by atoms with E-state index in [-0.39, 0.29) is 0 Å². The first kappa shape index (κ1) is 22.9. The van der Waals surface area contributed by atoms with E-state index in [9.17, 15) is 0 Å². The van der Waals surface area contributed by atoms with Crippen LogP contribution in [0.25, 0.3) is 0 Å². The Bertz CT molecular complexity index is 1130. The highest BCUT2D eigenvalue weighted by molar-refractivity contribution is 5.80. The Morgan fingerprint density at radius 3 is 1.74 bits per heavy atom.